The first-order valence-corrected chi connectivity index (χ1v) is 3.67. The first-order chi connectivity index (χ1) is 5.83. The highest BCUT2D eigenvalue weighted by Gasteiger charge is 1.95. The molecule has 0 aliphatic heterocycles. The molecule has 1 aromatic carbocycles. The molecule has 0 atom stereocenters. The molecule has 1 rings (SSSR count). The van der Waals surface area contributed by atoms with Gasteiger partial charge in [-0.1, -0.05) is 18.2 Å². The number of hydrogen-bond donors (Lipinski definition) is 1. The zero-order valence-corrected chi connectivity index (χ0v) is 6.97. The lowest BCUT2D eigenvalue weighted by Gasteiger charge is -1.97. The topological polar surface area (TPSA) is 41.5 Å². The maximum atomic E-state index is 10.8. The third-order valence-corrected chi connectivity index (χ3v) is 1.26. The molecule has 60 valence electrons. The summed E-state index contributed by atoms with van der Waals surface area (Å²) in [5.41, 5.74) is 0.691. The first-order valence-electron chi connectivity index (χ1n) is 3.27. The normalized spacial score (nSPS) is 8.33. The number of isothiocyanates is 1. The van der Waals surface area contributed by atoms with Crippen LogP contribution in [0.5, 0.6) is 0 Å². The van der Waals surface area contributed by atoms with Gasteiger partial charge in [-0.05, 0) is 24.4 Å². The van der Waals surface area contributed by atoms with E-state index in [2.05, 4.69) is 22.5 Å². The fraction of sp³-hybridized carbons (Fsp3) is 0. The minimum absolute atomic E-state index is 0.504. The smallest absolute Gasteiger partial charge is 0.306 e. The van der Waals surface area contributed by atoms with Crippen molar-refractivity contribution in [1.82, 2.24) is 0 Å². The van der Waals surface area contributed by atoms with Gasteiger partial charge in [0, 0.05) is 5.69 Å². The standard InChI is InChI=1S/C8H6N2OS/c11-8(9-6-12)10-7-4-2-1-3-5-7/h1-5H,(H,10,11). The second kappa shape index (κ2) is 4.38. The predicted octanol–water partition coefficient (Wildman–Crippen LogP) is 2.32. The van der Waals surface area contributed by atoms with Gasteiger partial charge in [0.1, 0.15) is 0 Å². The van der Waals surface area contributed by atoms with Gasteiger partial charge in [0.25, 0.3) is 0 Å². The second-order valence-corrected chi connectivity index (χ2v) is 2.18. The molecule has 1 N–H and O–H groups in total. The van der Waals surface area contributed by atoms with Crippen LogP contribution in [0.25, 0.3) is 0 Å². The number of benzene rings is 1. The number of anilines is 1. The van der Waals surface area contributed by atoms with E-state index >= 15 is 0 Å². The lowest BCUT2D eigenvalue weighted by molar-refractivity contribution is 0.260. The lowest BCUT2D eigenvalue weighted by Crippen LogP contribution is -2.04. The molecule has 1 aromatic rings. The Morgan fingerprint density at radius 2 is 2.08 bits per heavy atom. The fourth-order valence-corrected chi connectivity index (χ4v) is 0.797. The Hall–Kier alpha value is -1.51. The van der Waals surface area contributed by atoms with E-state index in [1.54, 1.807) is 12.1 Å². The van der Waals surface area contributed by atoms with Crippen molar-refractivity contribution in [3.63, 3.8) is 0 Å². The molecule has 0 saturated carbocycles. The number of para-hydroxylation sites is 1. The monoisotopic (exact) mass is 178 g/mol. The lowest BCUT2D eigenvalue weighted by atomic mass is 10.3. The van der Waals surface area contributed by atoms with Gasteiger partial charge < -0.3 is 5.32 Å². The molecule has 0 unspecified atom stereocenters. The number of nitrogens with zero attached hydrogens (tertiary/aromatic N) is 1. The Morgan fingerprint density at radius 1 is 1.42 bits per heavy atom. The summed E-state index contributed by atoms with van der Waals surface area (Å²) in [6, 6.07) is 8.51. The van der Waals surface area contributed by atoms with Gasteiger partial charge in [-0.15, -0.1) is 4.99 Å². The molecule has 0 aliphatic carbocycles. The van der Waals surface area contributed by atoms with E-state index in [4.69, 9.17) is 0 Å². The SMILES string of the molecule is O=C(N=C=S)Nc1ccccc1. The maximum absolute atomic E-state index is 10.8. The van der Waals surface area contributed by atoms with E-state index < -0.39 is 6.03 Å². The summed E-state index contributed by atoms with van der Waals surface area (Å²) in [5.74, 6) is 0. The number of carbonyl (C=O) groups excluding carboxylic acids is 1. The molecular weight excluding hydrogens is 172 g/mol. The molecule has 3 nitrogen and oxygen atoms in total. The van der Waals surface area contributed by atoms with Gasteiger partial charge >= 0.3 is 6.03 Å². The van der Waals surface area contributed by atoms with Gasteiger partial charge in [0.15, 0.2) is 0 Å². The van der Waals surface area contributed by atoms with E-state index in [0.29, 0.717) is 5.69 Å². The average Bonchev–Trinajstić information content (AvgIpc) is 2.06. The number of urea groups is 1. The summed E-state index contributed by atoms with van der Waals surface area (Å²) < 4.78 is 0. The molecule has 0 radical (unpaired) electrons. The van der Waals surface area contributed by atoms with Crippen LogP contribution in [0.15, 0.2) is 35.3 Å². The molecule has 0 aliphatic rings. The summed E-state index contributed by atoms with van der Waals surface area (Å²) in [6.45, 7) is 0. The third-order valence-electron chi connectivity index (χ3n) is 1.17. The van der Waals surface area contributed by atoms with Gasteiger partial charge in [-0.25, -0.2) is 4.79 Å². The van der Waals surface area contributed by atoms with Crippen LogP contribution in [0.3, 0.4) is 0 Å². The Kier molecular flexibility index (Phi) is 3.14. The first kappa shape index (κ1) is 8.59. The van der Waals surface area contributed by atoms with Crippen LogP contribution < -0.4 is 5.32 Å². The molecule has 0 fully saturated rings. The molecule has 0 bridgehead atoms. The quantitative estimate of drug-likeness (QED) is 0.529. The van der Waals surface area contributed by atoms with E-state index in [9.17, 15) is 4.79 Å². The second-order valence-electron chi connectivity index (χ2n) is 2.00. The van der Waals surface area contributed by atoms with Crippen LogP contribution >= 0.6 is 12.2 Å². The largest absolute Gasteiger partial charge is 0.354 e. The summed E-state index contributed by atoms with van der Waals surface area (Å²) in [6.07, 6.45) is 0. The number of hydrogen-bond acceptors (Lipinski definition) is 2. The Balaban J connectivity index is 2.64. The van der Waals surface area contributed by atoms with Crippen molar-refractivity contribution in [2.24, 2.45) is 4.99 Å². The molecular formula is C8H6N2OS. The van der Waals surface area contributed by atoms with Gasteiger partial charge in [-0.2, -0.15) is 0 Å². The van der Waals surface area contributed by atoms with Crippen LogP contribution in [-0.2, 0) is 0 Å². The summed E-state index contributed by atoms with van der Waals surface area (Å²) in [5, 5.41) is 4.49. The molecule has 0 saturated heterocycles. The van der Waals surface area contributed by atoms with Crippen molar-refractivity contribution in [3.05, 3.63) is 30.3 Å². The number of amides is 2. The Labute approximate surface area is 75.1 Å². The van der Waals surface area contributed by atoms with E-state index in [0.717, 1.165) is 0 Å². The van der Waals surface area contributed by atoms with Crippen molar-refractivity contribution in [1.29, 1.82) is 0 Å². The average molecular weight is 178 g/mol. The number of aliphatic imine (C=N–C) groups is 1. The Morgan fingerprint density at radius 3 is 2.67 bits per heavy atom. The van der Waals surface area contributed by atoms with Crippen molar-refractivity contribution in [3.8, 4) is 0 Å². The van der Waals surface area contributed by atoms with Crippen LogP contribution in [-0.4, -0.2) is 11.2 Å². The minimum atomic E-state index is -0.504. The van der Waals surface area contributed by atoms with E-state index in [1.165, 1.54) is 0 Å². The van der Waals surface area contributed by atoms with Gasteiger partial charge in [0.05, 0.1) is 5.16 Å². The van der Waals surface area contributed by atoms with Crippen molar-refractivity contribution in [2.75, 3.05) is 5.32 Å². The van der Waals surface area contributed by atoms with Crippen LogP contribution in [0.1, 0.15) is 0 Å². The molecule has 2 amide bonds. The summed E-state index contributed by atoms with van der Waals surface area (Å²) in [7, 11) is 0. The highest BCUT2D eigenvalue weighted by Crippen LogP contribution is 2.04. The number of thiocarbonyl (C=S) groups is 1. The molecule has 4 heteroatoms. The number of carbonyl (C=O) groups is 1. The molecule has 12 heavy (non-hydrogen) atoms. The summed E-state index contributed by atoms with van der Waals surface area (Å²) >= 11 is 4.27. The summed E-state index contributed by atoms with van der Waals surface area (Å²) in [4.78, 5) is 14.0. The van der Waals surface area contributed by atoms with Crippen molar-refractivity contribution >= 4 is 29.1 Å². The maximum Gasteiger partial charge on any atom is 0.354 e. The molecule has 0 heterocycles. The predicted molar refractivity (Wildman–Crippen MR) is 50.5 cm³/mol. The van der Waals surface area contributed by atoms with Crippen LogP contribution in [0.4, 0.5) is 10.5 Å². The van der Waals surface area contributed by atoms with Crippen LogP contribution in [0, 0.1) is 0 Å². The highest BCUT2D eigenvalue weighted by atomic mass is 32.1. The number of rotatable bonds is 1. The third kappa shape index (κ3) is 2.62. The zero-order chi connectivity index (χ0) is 8.81. The van der Waals surface area contributed by atoms with Gasteiger partial charge in [0.2, 0.25) is 0 Å². The van der Waals surface area contributed by atoms with E-state index in [1.807, 2.05) is 23.4 Å². The number of nitrogens with one attached hydrogen (secondary N) is 1. The molecule has 0 spiro atoms. The Bertz CT molecular complexity index is 317. The highest BCUT2D eigenvalue weighted by molar-refractivity contribution is 7.78. The van der Waals surface area contributed by atoms with Crippen molar-refractivity contribution < 1.29 is 4.79 Å². The zero-order valence-electron chi connectivity index (χ0n) is 6.15. The van der Waals surface area contributed by atoms with Gasteiger partial charge in [-0.3, -0.25) is 0 Å². The minimum Gasteiger partial charge on any atom is -0.306 e. The fourth-order valence-electron chi connectivity index (χ4n) is 0.714. The van der Waals surface area contributed by atoms with Crippen molar-refractivity contribution in [2.45, 2.75) is 0 Å². The molecule has 0 aromatic heterocycles. The van der Waals surface area contributed by atoms with Crippen LogP contribution in [0.2, 0.25) is 0 Å². The van der Waals surface area contributed by atoms with E-state index in [-0.39, 0.29) is 0 Å².